The minimum atomic E-state index is -4.41. The number of carbonyl (C=O) groups excluding carboxylic acids is 1. The number of hydrogen-bond donors (Lipinski definition) is 1. The van der Waals surface area contributed by atoms with Gasteiger partial charge >= 0.3 is 6.18 Å². The zero-order chi connectivity index (χ0) is 21.7. The molecule has 7 heteroatoms. The lowest BCUT2D eigenvalue weighted by Gasteiger charge is -2.32. The van der Waals surface area contributed by atoms with Crippen molar-refractivity contribution in [2.24, 2.45) is 0 Å². The molecule has 4 rings (SSSR count). The predicted molar refractivity (Wildman–Crippen MR) is 116 cm³/mol. The van der Waals surface area contributed by atoms with Gasteiger partial charge in [-0.25, -0.2) is 0 Å². The van der Waals surface area contributed by atoms with E-state index < -0.39 is 11.7 Å². The molecule has 2 aromatic carbocycles. The monoisotopic (exact) mass is 436 g/mol. The fourth-order valence-electron chi connectivity index (χ4n) is 3.85. The molecule has 0 bridgehead atoms. The lowest BCUT2D eigenvalue weighted by atomic mass is 9.95. The van der Waals surface area contributed by atoms with Crippen molar-refractivity contribution in [2.75, 3.05) is 10.8 Å². The highest BCUT2D eigenvalue weighted by Crippen LogP contribution is 2.47. The van der Waals surface area contributed by atoms with Crippen LogP contribution in [0, 0.1) is 0 Å². The molecule has 1 aliphatic carbocycles. The topological polar surface area (TPSA) is 32.3 Å². The molecule has 2 aliphatic rings. The largest absolute Gasteiger partial charge is 0.416 e. The zero-order valence-corrected chi connectivity index (χ0v) is 18.1. The molecule has 162 valence electrons. The van der Waals surface area contributed by atoms with Crippen molar-refractivity contribution in [3.05, 3.63) is 48.0 Å². The lowest BCUT2D eigenvalue weighted by molar-refractivity contribution is -0.137. The van der Waals surface area contributed by atoms with Gasteiger partial charge in [0.2, 0.25) is 5.91 Å². The maximum atomic E-state index is 13.2. The van der Waals surface area contributed by atoms with Crippen LogP contribution in [0.1, 0.15) is 51.5 Å². The molecule has 1 saturated carbocycles. The highest BCUT2D eigenvalue weighted by molar-refractivity contribution is 8.01. The van der Waals surface area contributed by atoms with Crippen molar-refractivity contribution in [1.29, 1.82) is 0 Å². The fraction of sp³-hybridized carbons (Fsp3) is 0.435. The van der Waals surface area contributed by atoms with E-state index in [1.165, 1.54) is 30.5 Å². The molecule has 0 aromatic heterocycles. The molecule has 1 fully saturated rings. The van der Waals surface area contributed by atoms with Gasteiger partial charge in [-0.1, -0.05) is 51.3 Å². The number of hydrogen-bond acceptors (Lipinski definition) is 3. The first-order chi connectivity index (χ1) is 14.4. The number of benzene rings is 2. The van der Waals surface area contributed by atoms with E-state index in [2.05, 4.69) is 5.32 Å². The van der Waals surface area contributed by atoms with Crippen LogP contribution >= 0.6 is 11.9 Å². The highest BCUT2D eigenvalue weighted by atomic mass is 32.2. The smallest absolute Gasteiger partial charge is 0.352 e. The fourth-order valence-corrected chi connectivity index (χ4v) is 4.94. The van der Waals surface area contributed by atoms with Crippen LogP contribution in [0.5, 0.6) is 0 Å². The van der Waals surface area contributed by atoms with Crippen LogP contribution in [0.3, 0.4) is 0 Å². The Balaban J connectivity index is 0.00000124. The normalized spacial score (nSPS) is 16.1. The summed E-state index contributed by atoms with van der Waals surface area (Å²) in [6.45, 7) is 4.11. The Morgan fingerprint density at radius 3 is 2.47 bits per heavy atom. The molecule has 1 amide bonds. The number of amides is 1. The van der Waals surface area contributed by atoms with E-state index >= 15 is 0 Å². The first-order valence-electron chi connectivity index (χ1n) is 10.5. The number of carbonyl (C=O) groups is 1. The van der Waals surface area contributed by atoms with Crippen molar-refractivity contribution in [3.63, 3.8) is 0 Å². The van der Waals surface area contributed by atoms with Gasteiger partial charge in [-0.3, -0.25) is 4.79 Å². The summed E-state index contributed by atoms with van der Waals surface area (Å²) < 4.78 is 41.4. The number of nitrogens with zero attached hydrogens (tertiary/aromatic N) is 1. The summed E-state index contributed by atoms with van der Waals surface area (Å²) in [6.07, 6.45) is 1.04. The average Bonchev–Trinajstić information content (AvgIpc) is 2.75. The van der Waals surface area contributed by atoms with Crippen LogP contribution in [-0.4, -0.2) is 18.5 Å². The van der Waals surface area contributed by atoms with Gasteiger partial charge in [-0.05, 0) is 54.6 Å². The SMILES string of the molecule is CC.O=C(CN1Sc2ccccc2-c2cc(C(F)(F)F)ccc21)NC1CCCCC1. The molecule has 0 radical (unpaired) electrons. The van der Waals surface area contributed by atoms with Crippen LogP contribution in [0.15, 0.2) is 47.4 Å². The molecule has 30 heavy (non-hydrogen) atoms. The Kier molecular flexibility index (Phi) is 7.34. The minimum absolute atomic E-state index is 0.0929. The van der Waals surface area contributed by atoms with Crippen LogP contribution in [0.4, 0.5) is 18.9 Å². The zero-order valence-electron chi connectivity index (χ0n) is 17.3. The Morgan fingerprint density at radius 1 is 1.07 bits per heavy atom. The summed E-state index contributed by atoms with van der Waals surface area (Å²) in [6, 6.07) is 11.3. The van der Waals surface area contributed by atoms with Crippen LogP contribution in [0.2, 0.25) is 0 Å². The summed E-state index contributed by atoms with van der Waals surface area (Å²) in [7, 11) is 0. The number of rotatable bonds is 3. The molecule has 0 atom stereocenters. The third-order valence-corrected chi connectivity index (χ3v) is 6.33. The quantitative estimate of drug-likeness (QED) is 0.545. The van der Waals surface area contributed by atoms with Gasteiger partial charge in [0.25, 0.3) is 0 Å². The Bertz CT molecular complexity index is 879. The van der Waals surface area contributed by atoms with Crippen LogP contribution in [0.25, 0.3) is 11.1 Å². The van der Waals surface area contributed by atoms with Gasteiger partial charge in [0.05, 0.1) is 11.3 Å². The Labute approximate surface area is 180 Å². The third-order valence-electron chi connectivity index (χ3n) is 5.24. The molecule has 0 saturated heterocycles. The second-order valence-corrected chi connectivity index (χ2v) is 8.32. The van der Waals surface area contributed by atoms with Crippen LogP contribution < -0.4 is 9.62 Å². The summed E-state index contributed by atoms with van der Waals surface area (Å²) >= 11 is 1.39. The second kappa shape index (κ2) is 9.77. The number of alkyl halides is 3. The van der Waals surface area contributed by atoms with Crippen molar-refractivity contribution in [2.45, 2.75) is 63.1 Å². The van der Waals surface area contributed by atoms with Crippen molar-refractivity contribution in [1.82, 2.24) is 5.32 Å². The van der Waals surface area contributed by atoms with Gasteiger partial charge in [0, 0.05) is 16.5 Å². The first kappa shape index (κ1) is 22.5. The molecule has 0 spiro atoms. The lowest BCUT2D eigenvalue weighted by Crippen LogP contribution is -2.41. The number of halogens is 3. The molecule has 1 heterocycles. The molecule has 3 nitrogen and oxygen atoms in total. The second-order valence-electron chi connectivity index (χ2n) is 7.26. The Hall–Kier alpha value is -2.15. The van der Waals surface area contributed by atoms with E-state index in [0.29, 0.717) is 11.3 Å². The molecular weight excluding hydrogens is 409 g/mol. The van der Waals surface area contributed by atoms with Gasteiger partial charge in [-0.2, -0.15) is 13.2 Å². The summed E-state index contributed by atoms with van der Waals surface area (Å²) in [5.41, 5.74) is 1.22. The predicted octanol–water partition coefficient (Wildman–Crippen LogP) is 6.67. The van der Waals surface area contributed by atoms with E-state index in [1.807, 2.05) is 38.1 Å². The van der Waals surface area contributed by atoms with Gasteiger partial charge in [0.1, 0.15) is 6.54 Å². The van der Waals surface area contributed by atoms with E-state index in [1.54, 1.807) is 4.31 Å². The van der Waals surface area contributed by atoms with Crippen molar-refractivity contribution in [3.8, 4) is 11.1 Å². The highest BCUT2D eigenvalue weighted by Gasteiger charge is 2.33. The van der Waals surface area contributed by atoms with Gasteiger partial charge in [0.15, 0.2) is 0 Å². The summed E-state index contributed by atoms with van der Waals surface area (Å²) in [4.78, 5) is 13.4. The first-order valence-corrected chi connectivity index (χ1v) is 11.2. The third kappa shape index (κ3) is 5.12. The number of anilines is 1. The minimum Gasteiger partial charge on any atom is -0.352 e. The average molecular weight is 437 g/mol. The molecule has 1 N–H and O–H groups in total. The maximum Gasteiger partial charge on any atom is 0.416 e. The van der Waals surface area contributed by atoms with E-state index in [9.17, 15) is 18.0 Å². The number of fused-ring (bicyclic) bond motifs is 3. The Morgan fingerprint density at radius 2 is 1.77 bits per heavy atom. The maximum absolute atomic E-state index is 13.2. The van der Waals surface area contributed by atoms with Gasteiger partial charge < -0.3 is 9.62 Å². The molecule has 2 aromatic rings. The van der Waals surface area contributed by atoms with Crippen LogP contribution in [-0.2, 0) is 11.0 Å². The standard InChI is InChI=1S/C21H21F3N2OS.C2H6/c22-21(23,24)14-10-11-18-17(12-14)16-8-4-5-9-19(16)28-26(18)13-20(27)25-15-6-2-1-3-7-15;1-2/h4-5,8-12,15H,1-3,6-7,13H2,(H,25,27);1-2H3. The summed E-state index contributed by atoms with van der Waals surface area (Å²) in [5.74, 6) is -0.0929. The molecule has 1 aliphatic heterocycles. The molecule has 0 unspecified atom stereocenters. The number of nitrogens with one attached hydrogen (secondary N) is 1. The van der Waals surface area contributed by atoms with Gasteiger partial charge in [-0.15, -0.1) is 0 Å². The summed E-state index contributed by atoms with van der Waals surface area (Å²) in [5, 5.41) is 3.08. The van der Waals surface area contributed by atoms with Crippen molar-refractivity contribution >= 4 is 23.5 Å². The van der Waals surface area contributed by atoms with E-state index in [4.69, 9.17) is 0 Å². The van der Waals surface area contributed by atoms with E-state index in [0.717, 1.165) is 42.2 Å². The van der Waals surface area contributed by atoms with Crippen molar-refractivity contribution < 1.29 is 18.0 Å². The van der Waals surface area contributed by atoms with E-state index in [-0.39, 0.29) is 18.5 Å². The molecular formula is C23H27F3N2OS.